The van der Waals surface area contributed by atoms with Crippen molar-refractivity contribution in [3.05, 3.63) is 35.6 Å². The lowest BCUT2D eigenvalue weighted by molar-refractivity contribution is 0.359. The Labute approximate surface area is 97.1 Å². The van der Waals surface area contributed by atoms with E-state index >= 15 is 0 Å². The normalized spacial score (nSPS) is 17.8. The fraction of sp³-hybridized carbons (Fsp3) is 0.571. The van der Waals surface area contributed by atoms with Gasteiger partial charge < -0.3 is 5.32 Å². The predicted octanol–water partition coefficient (Wildman–Crippen LogP) is 3.35. The van der Waals surface area contributed by atoms with E-state index in [1.807, 2.05) is 6.07 Å². The zero-order valence-electron chi connectivity index (χ0n) is 10.0. The first-order chi connectivity index (χ1) is 7.66. The summed E-state index contributed by atoms with van der Waals surface area (Å²) in [5.74, 6) is 1.35. The largest absolute Gasteiger partial charge is 0.309 e. The predicted molar refractivity (Wildman–Crippen MR) is 64.6 cm³/mol. The highest BCUT2D eigenvalue weighted by atomic mass is 19.1. The molecule has 0 amide bonds. The first-order valence-corrected chi connectivity index (χ1v) is 6.14. The van der Waals surface area contributed by atoms with E-state index in [2.05, 4.69) is 19.2 Å². The molecule has 1 aliphatic rings. The van der Waals surface area contributed by atoms with Gasteiger partial charge in [-0.25, -0.2) is 4.39 Å². The Bertz CT molecular complexity index is 342. The van der Waals surface area contributed by atoms with Crippen LogP contribution in [0.4, 0.5) is 4.39 Å². The molecule has 16 heavy (non-hydrogen) atoms. The van der Waals surface area contributed by atoms with Gasteiger partial charge in [0.25, 0.3) is 0 Å². The van der Waals surface area contributed by atoms with Gasteiger partial charge in [-0.2, -0.15) is 0 Å². The Kier molecular flexibility index (Phi) is 3.59. The van der Waals surface area contributed by atoms with Gasteiger partial charge in [-0.3, -0.25) is 0 Å². The van der Waals surface area contributed by atoms with Crippen LogP contribution in [0.3, 0.4) is 0 Å². The van der Waals surface area contributed by atoms with Crippen molar-refractivity contribution >= 4 is 0 Å². The molecule has 0 spiro atoms. The minimum atomic E-state index is -0.146. The fourth-order valence-electron chi connectivity index (χ4n) is 2.28. The minimum absolute atomic E-state index is 0.146. The van der Waals surface area contributed by atoms with Gasteiger partial charge in [0, 0.05) is 12.6 Å². The molecule has 1 aromatic rings. The molecular weight excluding hydrogens is 201 g/mol. The molecule has 0 heterocycles. The lowest BCUT2D eigenvalue weighted by Gasteiger charge is -2.22. The van der Waals surface area contributed by atoms with E-state index in [0.717, 1.165) is 18.0 Å². The lowest BCUT2D eigenvalue weighted by atomic mass is 9.99. The van der Waals surface area contributed by atoms with Gasteiger partial charge in [0.15, 0.2) is 0 Å². The molecule has 1 N–H and O–H groups in total. The second kappa shape index (κ2) is 4.96. The van der Waals surface area contributed by atoms with Crippen LogP contribution < -0.4 is 5.32 Å². The highest BCUT2D eigenvalue weighted by Crippen LogP contribution is 2.35. The van der Waals surface area contributed by atoms with Gasteiger partial charge in [0.2, 0.25) is 0 Å². The molecule has 0 radical (unpaired) electrons. The van der Waals surface area contributed by atoms with Crippen LogP contribution in [0.25, 0.3) is 0 Å². The second-order valence-corrected chi connectivity index (χ2v) is 5.12. The number of halogens is 1. The number of rotatable bonds is 5. The van der Waals surface area contributed by atoms with Crippen molar-refractivity contribution in [2.24, 2.45) is 11.8 Å². The topological polar surface area (TPSA) is 12.0 Å². The summed E-state index contributed by atoms with van der Waals surface area (Å²) in [6.07, 6.45) is 2.69. The molecule has 1 aliphatic carbocycles. The molecule has 88 valence electrons. The Morgan fingerprint density at radius 3 is 2.69 bits per heavy atom. The van der Waals surface area contributed by atoms with Crippen LogP contribution in [-0.4, -0.2) is 6.04 Å². The summed E-state index contributed by atoms with van der Waals surface area (Å²) in [6, 6.07) is 7.43. The van der Waals surface area contributed by atoms with E-state index in [1.54, 1.807) is 12.1 Å². The number of nitrogens with one attached hydrogen (secondary N) is 1. The smallest absolute Gasteiger partial charge is 0.123 e. The standard InChI is InChI=1S/C14H20FN/c1-10(2)14(12-6-7-12)16-9-11-4-3-5-13(15)8-11/h3-5,8,10,12,14,16H,6-7,9H2,1-2H3. The van der Waals surface area contributed by atoms with Gasteiger partial charge >= 0.3 is 0 Å². The maximum atomic E-state index is 13.0. The molecule has 1 unspecified atom stereocenters. The van der Waals surface area contributed by atoms with Gasteiger partial charge in [-0.1, -0.05) is 26.0 Å². The third-order valence-corrected chi connectivity index (χ3v) is 3.28. The summed E-state index contributed by atoms with van der Waals surface area (Å²) in [5, 5.41) is 3.56. The van der Waals surface area contributed by atoms with Crippen molar-refractivity contribution < 1.29 is 4.39 Å². The van der Waals surface area contributed by atoms with Crippen LogP contribution in [0, 0.1) is 17.7 Å². The number of hydrogen-bond acceptors (Lipinski definition) is 1. The van der Waals surface area contributed by atoms with Crippen LogP contribution in [0.2, 0.25) is 0 Å². The van der Waals surface area contributed by atoms with E-state index in [-0.39, 0.29) is 5.82 Å². The number of hydrogen-bond donors (Lipinski definition) is 1. The van der Waals surface area contributed by atoms with Crippen LogP contribution in [-0.2, 0) is 6.54 Å². The van der Waals surface area contributed by atoms with Crippen molar-refractivity contribution in [3.63, 3.8) is 0 Å². The highest BCUT2D eigenvalue weighted by Gasteiger charge is 2.32. The zero-order chi connectivity index (χ0) is 11.5. The maximum absolute atomic E-state index is 13.0. The summed E-state index contributed by atoms with van der Waals surface area (Å²) in [7, 11) is 0. The third kappa shape index (κ3) is 3.05. The van der Waals surface area contributed by atoms with E-state index in [1.165, 1.54) is 18.9 Å². The van der Waals surface area contributed by atoms with Crippen molar-refractivity contribution in [1.29, 1.82) is 0 Å². The van der Waals surface area contributed by atoms with Crippen LogP contribution >= 0.6 is 0 Å². The molecule has 0 bridgehead atoms. The SMILES string of the molecule is CC(C)C(NCc1cccc(F)c1)C1CC1. The Hall–Kier alpha value is -0.890. The van der Waals surface area contributed by atoms with Gasteiger partial charge in [0.05, 0.1) is 0 Å². The highest BCUT2D eigenvalue weighted by molar-refractivity contribution is 5.16. The van der Waals surface area contributed by atoms with Gasteiger partial charge in [0.1, 0.15) is 5.82 Å². The molecule has 1 atom stereocenters. The lowest BCUT2D eigenvalue weighted by Crippen LogP contribution is -2.35. The Morgan fingerprint density at radius 2 is 2.12 bits per heavy atom. The average molecular weight is 221 g/mol. The third-order valence-electron chi connectivity index (χ3n) is 3.28. The van der Waals surface area contributed by atoms with Crippen LogP contribution in [0.5, 0.6) is 0 Å². The minimum Gasteiger partial charge on any atom is -0.309 e. The van der Waals surface area contributed by atoms with Crippen molar-refractivity contribution in [1.82, 2.24) is 5.32 Å². The molecule has 0 aromatic heterocycles. The molecule has 2 heteroatoms. The summed E-state index contributed by atoms with van der Waals surface area (Å²) in [5.41, 5.74) is 1.03. The Balaban J connectivity index is 1.90. The summed E-state index contributed by atoms with van der Waals surface area (Å²) < 4.78 is 13.0. The Morgan fingerprint density at radius 1 is 1.38 bits per heavy atom. The molecule has 1 saturated carbocycles. The van der Waals surface area contributed by atoms with E-state index in [0.29, 0.717) is 12.0 Å². The first kappa shape index (κ1) is 11.6. The fourth-order valence-corrected chi connectivity index (χ4v) is 2.28. The van der Waals surface area contributed by atoms with Crippen molar-refractivity contribution in [2.75, 3.05) is 0 Å². The van der Waals surface area contributed by atoms with Crippen molar-refractivity contribution in [3.8, 4) is 0 Å². The zero-order valence-corrected chi connectivity index (χ0v) is 10.0. The molecular formula is C14H20FN. The van der Waals surface area contributed by atoms with Crippen LogP contribution in [0.15, 0.2) is 24.3 Å². The summed E-state index contributed by atoms with van der Waals surface area (Å²) >= 11 is 0. The molecule has 0 aliphatic heterocycles. The molecule has 1 nitrogen and oxygen atoms in total. The van der Waals surface area contributed by atoms with Crippen LogP contribution in [0.1, 0.15) is 32.3 Å². The second-order valence-electron chi connectivity index (χ2n) is 5.12. The van der Waals surface area contributed by atoms with E-state index in [9.17, 15) is 4.39 Å². The van der Waals surface area contributed by atoms with Gasteiger partial charge in [-0.15, -0.1) is 0 Å². The maximum Gasteiger partial charge on any atom is 0.123 e. The van der Waals surface area contributed by atoms with Gasteiger partial charge in [-0.05, 0) is 42.4 Å². The molecule has 1 aromatic carbocycles. The van der Waals surface area contributed by atoms with E-state index in [4.69, 9.17) is 0 Å². The molecule has 0 saturated heterocycles. The first-order valence-electron chi connectivity index (χ1n) is 6.14. The molecule has 2 rings (SSSR count). The number of benzene rings is 1. The molecule has 1 fully saturated rings. The quantitative estimate of drug-likeness (QED) is 0.804. The average Bonchev–Trinajstić information content (AvgIpc) is 3.02. The van der Waals surface area contributed by atoms with Crippen molar-refractivity contribution in [2.45, 2.75) is 39.3 Å². The summed E-state index contributed by atoms with van der Waals surface area (Å²) in [4.78, 5) is 0. The summed E-state index contributed by atoms with van der Waals surface area (Å²) in [6.45, 7) is 5.28. The monoisotopic (exact) mass is 221 g/mol. The van der Waals surface area contributed by atoms with E-state index < -0.39 is 0 Å².